The third kappa shape index (κ3) is 5.41. The average molecular weight is 582 g/mol. The Morgan fingerprint density at radius 2 is 1.71 bits per heavy atom. The van der Waals surface area contributed by atoms with Crippen molar-refractivity contribution in [2.75, 3.05) is 0 Å². The van der Waals surface area contributed by atoms with Crippen molar-refractivity contribution in [2.45, 2.75) is 98.7 Å². The molecule has 192 valence electrons. The molecule has 0 aromatic heterocycles. The normalized spacial score (nSPS) is 31.8. The number of fused-ring (bicyclic) bond motifs is 1. The van der Waals surface area contributed by atoms with E-state index in [2.05, 4.69) is 54.5 Å². The monoisotopic (exact) mass is 580 g/mol. The first kappa shape index (κ1) is 27.7. The number of ether oxygens (including phenoxy) is 2. The van der Waals surface area contributed by atoms with Gasteiger partial charge in [-0.1, -0.05) is 36.7 Å². The van der Waals surface area contributed by atoms with Gasteiger partial charge in [0.1, 0.15) is 18.3 Å². The molecule has 0 bridgehead atoms. The molecule has 1 saturated heterocycles. The van der Waals surface area contributed by atoms with Gasteiger partial charge in [-0.3, -0.25) is 10.1 Å². The van der Waals surface area contributed by atoms with Crippen LogP contribution in [0.5, 0.6) is 0 Å². The van der Waals surface area contributed by atoms with Crippen molar-refractivity contribution < 1.29 is 32.3 Å². The van der Waals surface area contributed by atoms with Crippen molar-refractivity contribution in [3.8, 4) is 0 Å². The third-order valence-electron chi connectivity index (χ3n) is 6.73. The van der Waals surface area contributed by atoms with Gasteiger partial charge in [-0.25, -0.2) is 13.1 Å². The van der Waals surface area contributed by atoms with E-state index in [1.54, 1.807) is 13.8 Å². The molecule has 1 aliphatic heterocycles. The Morgan fingerprint density at radius 1 is 1.18 bits per heavy atom. The van der Waals surface area contributed by atoms with Crippen LogP contribution in [0.15, 0.2) is 29.2 Å². The zero-order valence-electron chi connectivity index (χ0n) is 20.3. The molecular formula is C21H33BrN2O8SSi. The largest absolute Gasteiger partial charge is 0.408 e. The summed E-state index contributed by atoms with van der Waals surface area (Å²) >= 11 is 3.48. The number of non-ortho nitro benzene ring substituents is 1. The van der Waals surface area contributed by atoms with Crippen LogP contribution in [0.4, 0.5) is 5.69 Å². The summed E-state index contributed by atoms with van der Waals surface area (Å²) in [4.78, 5) is 9.42. The summed E-state index contributed by atoms with van der Waals surface area (Å²) in [6, 6.07) is 3.70. The molecule has 0 radical (unpaired) electrons. The van der Waals surface area contributed by atoms with E-state index in [0.717, 1.165) is 12.1 Å². The summed E-state index contributed by atoms with van der Waals surface area (Å²) in [5.74, 6) is -1.02. The van der Waals surface area contributed by atoms with E-state index in [4.69, 9.17) is 13.9 Å². The molecule has 2 fully saturated rings. The van der Waals surface area contributed by atoms with Gasteiger partial charge in [-0.2, -0.15) is 0 Å². The Balaban J connectivity index is 1.92. The van der Waals surface area contributed by atoms with Crippen LogP contribution in [0, 0.1) is 10.1 Å². The van der Waals surface area contributed by atoms with Crippen molar-refractivity contribution in [2.24, 2.45) is 0 Å². The maximum Gasteiger partial charge on any atom is 0.269 e. The number of hydrogen-bond donors (Lipinski definition) is 2. The number of halogens is 1. The van der Waals surface area contributed by atoms with Crippen LogP contribution in [0.1, 0.15) is 34.6 Å². The number of nitro benzene ring substituents is 1. The van der Waals surface area contributed by atoms with Gasteiger partial charge < -0.3 is 19.0 Å². The quantitative estimate of drug-likeness (QED) is 0.226. The minimum atomic E-state index is -4.09. The molecule has 3 rings (SSSR count). The van der Waals surface area contributed by atoms with Crippen molar-refractivity contribution in [1.82, 2.24) is 4.72 Å². The van der Waals surface area contributed by atoms with E-state index < -0.39 is 64.3 Å². The molecule has 1 saturated carbocycles. The second-order valence-corrected chi connectivity index (χ2v) is 18.3. The molecule has 6 atom stereocenters. The van der Waals surface area contributed by atoms with Gasteiger partial charge in [0.2, 0.25) is 10.0 Å². The van der Waals surface area contributed by atoms with E-state index in [1.165, 1.54) is 12.1 Å². The third-order valence-corrected chi connectivity index (χ3v) is 13.8. The summed E-state index contributed by atoms with van der Waals surface area (Å²) in [5.41, 5.74) is -0.217. The summed E-state index contributed by atoms with van der Waals surface area (Å²) in [6.45, 7) is 13.9. The first-order valence-electron chi connectivity index (χ1n) is 11.0. The number of alkyl halides is 1. The Labute approximate surface area is 209 Å². The molecule has 13 heteroatoms. The van der Waals surface area contributed by atoms with Crippen LogP contribution < -0.4 is 4.72 Å². The Hall–Kier alpha value is -0.933. The van der Waals surface area contributed by atoms with Crippen LogP contribution >= 0.6 is 15.9 Å². The number of rotatable bonds is 6. The van der Waals surface area contributed by atoms with Crippen molar-refractivity contribution in [1.29, 1.82) is 0 Å². The molecule has 10 nitrogen and oxygen atoms in total. The molecular weight excluding hydrogens is 548 g/mol. The summed E-state index contributed by atoms with van der Waals surface area (Å²) in [5, 5.41) is 22.0. The Morgan fingerprint density at radius 3 is 2.21 bits per heavy atom. The number of aliphatic hydroxyl groups excluding tert-OH is 1. The highest BCUT2D eigenvalue weighted by molar-refractivity contribution is 9.09. The number of nitro groups is 1. The standard InChI is InChI=1S/C21H33BrN2O8SSi/c1-20(2,3)34(6,7)32-18-16(25)14(22)15(17-19(18)31-21(4,5)30-17)23-33(28,29)13-10-8-12(9-11-13)24(26)27/h8-11,14-19,23,25H,1-7H3/t14-,15+,16+,17-,18-,19-/m0/s1. The maximum atomic E-state index is 13.1. The van der Waals surface area contributed by atoms with Crippen molar-refractivity contribution >= 4 is 40.0 Å². The van der Waals surface area contributed by atoms with Gasteiger partial charge in [0, 0.05) is 12.1 Å². The van der Waals surface area contributed by atoms with Gasteiger partial charge in [-0.05, 0) is 44.1 Å². The fraction of sp³-hybridized carbons (Fsp3) is 0.714. The van der Waals surface area contributed by atoms with E-state index in [-0.39, 0.29) is 15.6 Å². The van der Waals surface area contributed by atoms with Crippen LogP contribution in [-0.4, -0.2) is 67.8 Å². The smallest absolute Gasteiger partial charge is 0.269 e. The molecule has 0 spiro atoms. The number of sulfonamides is 1. The Kier molecular flexibility index (Phi) is 7.46. The second kappa shape index (κ2) is 9.18. The van der Waals surface area contributed by atoms with Crippen LogP contribution in [0.25, 0.3) is 0 Å². The zero-order chi connectivity index (χ0) is 25.9. The lowest BCUT2D eigenvalue weighted by atomic mass is 9.86. The van der Waals surface area contributed by atoms with E-state index in [1.807, 2.05) is 0 Å². The van der Waals surface area contributed by atoms with Crippen LogP contribution in [0.3, 0.4) is 0 Å². The second-order valence-electron chi connectivity index (χ2n) is 10.7. The molecule has 0 unspecified atom stereocenters. The lowest BCUT2D eigenvalue weighted by molar-refractivity contribution is -0.384. The highest BCUT2D eigenvalue weighted by Gasteiger charge is 2.60. The van der Waals surface area contributed by atoms with E-state index >= 15 is 0 Å². The summed E-state index contributed by atoms with van der Waals surface area (Å²) in [6.07, 6.45) is -3.27. The molecule has 1 aliphatic carbocycles. The Bertz CT molecular complexity index is 1030. The van der Waals surface area contributed by atoms with E-state index in [9.17, 15) is 23.6 Å². The minimum Gasteiger partial charge on any atom is -0.408 e. The summed E-state index contributed by atoms with van der Waals surface area (Å²) in [7, 11) is -6.41. The molecule has 34 heavy (non-hydrogen) atoms. The van der Waals surface area contributed by atoms with Gasteiger partial charge in [-0.15, -0.1) is 0 Å². The lowest BCUT2D eigenvalue weighted by Crippen LogP contribution is -2.67. The lowest BCUT2D eigenvalue weighted by Gasteiger charge is -2.48. The minimum absolute atomic E-state index is 0.118. The zero-order valence-corrected chi connectivity index (χ0v) is 23.7. The van der Waals surface area contributed by atoms with E-state index in [0.29, 0.717) is 0 Å². The van der Waals surface area contributed by atoms with Gasteiger partial charge >= 0.3 is 0 Å². The first-order chi connectivity index (χ1) is 15.4. The van der Waals surface area contributed by atoms with Gasteiger partial charge in [0.15, 0.2) is 14.1 Å². The number of nitrogens with zero attached hydrogens (tertiary/aromatic N) is 1. The predicted octanol–water partition coefficient (Wildman–Crippen LogP) is 3.29. The molecule has 0 amide bonds. The number of nitrogens with one attached hydrogen (secondary N) is 1. The molecule has 1 aromatic rings. The highest BCUT2D eigenvalue weighted by Crippen LogP contribution is 2.45. The number of benzene rings is 1. The number of hydrogen-bond acceptors (Lipinski definition) is 8. The maximum absolute atomic E-state index is 13.1. The SMILES string of the molecule is CC1(C)O[C@@H]2[C@@H](O[Si](C)(C)C(C)(C)C)[C@H](O)[C@@H](Br)[C@@H](NS(=O)(=O)c3ccc([N+](=O)[O-])cc3)[C@@H]2O1. The molecule has 2 aliphatic rings. The molecule has 1 aromatic carbocycles. The van der Waals surface area contributed by atoms with Crippen molar-refractivity contribution in [3.63, 3.8) is 0 Å². The predicted molar refractivity (Wildman–Crippen MR) is 132 cm³/mol. The van der Waals surface area contributed by atoms with Gasteiger partial charge in [0.25, 0.3) is 5.69 Å². The summed E-state index contributed by atoms with van der Waals surface area (Å²) < 4.78 is 47.6. The van der Waals surface area contributed by atoms with Crippen molar-refractivity contribution in [3.05, 3.63) is 34.4 Å². The fourth-order valence-corrected chi connectivity index (χ4v) is 7.38. The molecule has 2 N–H and O–H groups in total. The first-order valence-corrected chi connectivity index (χ1v) is 16.3. The fourth-order valence-electron chi connectivity index (χ4n) is 3.90. The average Bonchev–Trinajstić information content (AvgIpc) is 3.03. The van der Waals surface area contributed by atoms with Crippen LogP contribution in [0.2, 0.25) is 18.1 Å². The number of aliphatic hydroxyl groups is 1. The molecule has 1 heterocycles. The van der Waals surface area contributed by atoms with Gasteiger partial charge in [0.05, 0.1) is 26.8 Å². The highest BCUT2D eigenvalue weighted by atomic mass is 79.9. The topological polar surface area (TPSA) is 137 Å². The van der Waals surface area contributed by atoms with Crippen LogP contribution in [-0.2, 0) is 23.9 Å².